The zero-order valence-electron chi connectivity index (χ0n) is 17.6. The minimum absolute atomic E-state index is 0.192. The van der Waals surface area contributed by atoms with E-state index in [1.54, 1.807) is 23.0 Å². The number of hydrogen-bond donors (Lipinski definition) is 1. The lowest BCUT2D eigenvalue weighted by atomic mass is 10.1. The van der Waals surface area contributed by atoms with Crippen LogP contribution in [0.15, 0.2) is 42.7 Å². The molecule has 1 fully saturated rings. The van der Waals surface area contributed by atoms with Crippen LogP contribution in [0.5, 0.6) is 5.75 Å². The topological polar surface area (TPSA) is 85.3 Å². The van der Waals surface area contributed by atoms with Gasteiger partial charge in [0.05, 0.1) is 17.9 Å². The molecule has 0 saturated carbocycles. The number of nitrogens with zero attached hydrogens (tertiary/aromatic N) is 6. The van der Waals surface area contributed by atoms with E-state index in [2.05, 4.69) is 37.1 Å². The van der Waals surface area contributed by atoms with Crippen molar-refractivity contribution in [2.45, 2.75) is 19.4 Å². The van der Waals surface area contributed by atoms with Gasteiger partial charge in [0.15, 0.2) is 0 Å². The highest BCUT2D eigenvalue weighted by Crippen LogP contribution is 2.35. The average molecular weight is 456 g/mol. The zero-order valence-corrected chi connectivity index (χ0v) is 18.3. The maximum atomic E-state index is 13.7. The molecule has 8 nitrogen and oxygen atoms in total. The molecule has 166 valence electrons. The Morgan fingerprint density at radius 1 is 1.28 bits per heavy atom. The van der Waals surface area contributed by atoms with E-state index in [1.807, 2.05) is 6.92 Å². The number of fused-ring (bicyclic) bond motifs is 3. The summed E-state index contributed by atoms with van der Waals surface area (Å²) in [6.45, 7) is 5.05. The number of halogens is 2. The quantitative estimate of drug-likeness (QED) is 0.605. The molecule has 1 aromatic carbocycles. The van der Waals surface area contributed by atoms with Crippen LogP contribution in [0.1, 0.15) is 11.3 Å². The van der Waals surface area contributed by atoms with E-state index in [-0.39, 0.29) is 17.0 Å². The lowest BCUT2D eigenvalue weighted by Gasteiger charge is -2.45. The third-order valence-electron chi connectivity index (χ3n) is 5.83. The fourth-order valence-electron chi connectivity index (χ4n) is 4.19. The van der Waals surface area contributed by atoms with Crippen LogP contribution in [-0.4, -0.2) is 56.9 Å². The molecule has 1 atom stereocenters. The van der Waals surface area contributed by atoms with Crippen molar-refractivity contribution in [1.82, 2.24) is 24.6 Å². The van der Waals surface area contributed by atoms with E-state index in [4.69, 9.17) is 22.1 Å². The molecule has 0 aliphatic carbocycles. The Balaban J connectivity index is 1.24. The minimum Gasteiger partial charge on any atom is -0.489 e. The predicted molar refractivity (Wildman–Crippen MR) is 121 cm³/mol. The summed E-state index contributed by atoms with van der Waals surface area (Å²) in [5, 5.41) is 4.67. The van der Waals surface area contributed by atoms with Gasteiger partial charge in [0, 0.05) is 37.5 Å². The summed E-state index contributed by atoms with van der Waals surface area (Å²) in [5.41, 5.74) is 8.61. The van der Waals surface area contributed by atoms with E-state index in [0.29, 0.717) is 18.4 Å². The van der Waals surface area contributed by atoms with E-state index in [1.165, 1.54) is 12.1 Å². The number of piperazine rings is 1. The highest BCUT2D eigenvalue weighted by atomic mass is 35.5. The van der Waals surface area contributed by atoms with Gasteiger partial charge in [-0.1, -0.05) is 17.7 Å². The van der Waals surface area contributed by atoms with Gasteiger partial charge in [-0.05, 0) is 37.2 Å². The Bertz CT molecular complexity index is 1160. The molecule has 32 heavy (non-hydrogen) atoms. The summed E-state index contributed by atoms with van der Waals surface area (Å²) in [7, 11) is 0. The number of anilines is 2. The fraction of sp³-hybridized carbons (Fsp3) is 0.318. The molecule has 5 rings (SSSR count). The Kier molecular flexibility index (Phi) is 5.34. The maximum absolute atomic E-state index is 13.7. The Morgan fingerprint density at radius 3 is 3.00 bits per heavy atom. The highest BCUT2D eigenvalue weighted by Gasteiger charge is 2.32. The predicted octanol–water partition coefficient (Wildman–Crippen LogP) is 2.98. The second-order valence-electron chi connectivity index (χ2n) is 7.94. The molecule has 4 heterocycles. The van der Waals surface area contributed by atoms with Gasteiger partial charge in [-0.15, -0.1) is 0 Å². The molecule has 2 aliphatic heterocycles. The molecule has 0 spiro atoms. The number of aromatic nitrogens is 4. The standard InChI is InChI=1S/C22H23ClFN7O/c1-14-15(11-26-31(14)22-27-20(23)10-21(25)28-22)3-2-6-29-7-8-30-17(12-29)13-32-19-5-4-16(24)9-18(19)30/h2,4-6,9-11,17H,3,7-8,12-13H2,1H3,(H2,25,27,28)/b6-2+. The van der Waals surface area contributed by atoms with E-state index in [9.17, 15) is 4.39 Å². The molecular weight excluding hydrogens is 433 g/mol. The first kappa shape index (κ1) is 20.6. The van der Waals surface area contributed by atoms with Crippen LogP contribution in [0.25, 0.3) is 5.95 Å². The maximum Gasteiger partial charge on any atom is 0.254 e. The van der Waals surface area contributed by atoms with E-state index >= 15 is 0 Å². The first-order valence-corrected chi connectivity index (χ1v) is 10.8. The second kappa shape index (κ2) is 8.31. The van der Waals surface area contributed by atoms with Crippen molar-refractivity contribution >= 4 is 23.1 Å². The number of rotatable bonds is 4. The van der Waals surface area contributed by atoms with E-state index in [0.717, 1.165) is 48.7 Å². The average Bonchev–Trinajstić information content (AvgIpc) is 3.13. The molecule has 2 aromatic heterocycles. The fourth-order valence-corrected chi connectivity index (χ4v) is 4.38. The SMILES string of the molecule is Cc1c(C/C=C/N2CCN3c4cc(F)ccc4OCC3C2)cnn1-c1nc(N)cc(Cl)n1. The van der Waals surface area contributed by atoms with Crippen molar-refractivity contribution in [3.63, 3.8) is 0 Å². The number of ether oxygens (including phenoxy) is 1. The lowest BCUT2D eigenvalue weighted by molar-refractivity contribution is 0.200. The molecule has 2 N–H and O–H groups in total. The minimum atomic E-state index is -0.239. The van der Waals surface area contributed by atoms with Crippen LogP contribution in [0.4, 0.5) is 15.9 Å². The lowest BCUT2D eigenvalue weighted by Crippen LogP contribution is -2.55. The molecular formula is C22H23ClFN7O. The van der Waals surface area contributed by atoms with Crippen LogP contribution in [0.3, 0.4) is 0 Å². The third-order valence-corrected chi connectivity index (χ3v) is 6.03. The van der Waals surface area contributed by atoms with Crippen molar-refractivity contribution in [1.29, 1.82) is 0 Å². The first-order chi connectivity index (χ1) is 15.5. The van der Waals surface area contributed by atoms with Gasteiger partial charge in [-0.3, -0.25) is 0 Å². The number of hydrogen-bond acceptors (Lipinski definition) is 7. The summed E-state index contributed by atoms with van der Waals surface area (Å²) < 4.78 is 21.2. The Labute approximate surface area is 190 Å². The summed E-state index contributed by atoms with van der Waals surface area (Å²) in [5.74, 6) is 1.17. The smallest absolute Gasteiger partial charge is 0.254 e. The van der Waals surface area contributed by atoms with Gasteiger partial charge in [-0.2, -0.15) is 15.1 Å². The van der Waals surface area contributed by atoms with Gasteiger partial charge in [0.1, 0.15) is 29.1 Å². The van der Waals surface area contributed by atoms with Gasteiger partial charge in [0.2, 0.25) is 0 Å². The summed E-state index contributed by atoms with van der Waals surface area (Å²) in [4.78, 5) is 12.9. The molecule has 10 heteroatoms. The summed E-state index contributed by atoms with van der Waals surface area (Å²) in [6.07, 6.45) is 6.76. The van der Waals surface area contributed by atoms with Crippen LogP contribution in [0, 0.1) is 12.7 Å². The third kappa shape index (κ3) is 3.95. The first-order valence-electron chi connectivity index (χ1n) is 10.4. The zero-order chi connectivity index (χ0) is 22.2. The van der Waals surface area contributed by atoms with Crippen LogP contribution >= 0.6 is 11.6 Å². The monoisotopic (exact) mass is 455 g/mol. The summed E-state index contributed by atoms with van der Waals surface area (Å²) >= 11 is 5.99. The molecule has 1 unspecified atom stereocenters. The largest absolute Gasteiger partial charge is 0.489 e. The van der Waals surface area contributed by atoms with Crippen LogP contribution < -0.4 is 15.4 Å². The van der Waals surface area contributed by atoms with Gasteiger partial charge >= 0.3 is 0 Å². The highest BCUT2D eigenvalue weighted by molar-refractivity contribution is 6.29. The van der Waals surface area contributed by atoms with Crippen LogP contribution in [-0.2, 0) is 6.42 Å². The van der Waals surface area contributed by atoms with Gasteiger partial charge in [0.25, 0.3) is 5.95 Å². The second-order valence-corrected chi connectivity index (χ2v) is 8.32. The molecule has 0 bridgehead atoms. The molecule has 1 saturated heterocycles. The van der Waals surface area contributed by atoms with E-state index < -0.39 is 0 Å². The number of benzene rings is 1. The van der Waals surface area contributed by atoms with Crippen molar-refractivity contribution in [2.75, 3.05) is 36.9 Å². The Hall–Kier alpha value is -3.33. The number of allylic oxidation sites excluding steroid dienone is 1. The summed E-state index contributed by atoms with van der Waals surface area (Å²) in [6, 6.07) is 6.40. The van der Waals surface area contributed by atoms with Crippen molar-refractivity contribution in [3.05, 3.63) is 65.0 Å². The Morgan fingerprint density at radius 2 is 2.16 bits per heavy atom. The van der Waals surface area contributed by atoms with Gasteiger partial charge in [-0.25, -0.2) is 9.07 Å². The molecule has 0 amide bonds. The molecule has 0 radical (unpaired) electrons. The van der Waals surface area contributed by atoms with Crippen molar-refractivity contribution in [3.8, 4) is 11.7 Å². The van der Waals surface area contributed by atoms with Gasteiger partial charge < -0.3 is 20.3 Å². The van der Waals surface area contributed by atoms with Crippen LogP contribution in [0.2, 0.25) is 5.15 Å². The number of nitrogens with two attached hydrogens (primary N) is 1. The number of nitrogen functional groups attached to an aromatic ring is 1. The normalized spacial score (nSPS) is 17.9. The van der Waals surface area contributed by atoms with Crippen molar-refractivity contribution in [2.24, 2.45) is 0 Å². The molecule has 3 aromatic rings. The molecule has 2 aliphatic rings. The van der Waals surface area contributed by atoms with Crippen molar-refractivity contribution < 1.29 is 9.13 Å².